The Morgan fingerprint density at radius 2 is 2.24 bits per heavy atom. The number of rotatable bonds is 4. The lowest BCUT2D eigenvalue weighted by Gasteiger charge is -2.01. The average molecular weight is 298 g/mol. The van der Waals surface area contributed by atoms with E-state index in [9.17, 15) is 0 Å². The second-order valence-corrected chi connectivity index (χ2v) is 4.62. The number of hydrogen-bond donors (Lipinski definition) is 0. The Morgan fingerprint density at radius 1 is 1.41 bits per heavy atom. The van der Waals surface area contributed by atoms with Crippen molar-refractivity contribution in [2.75, 3.05) is 0 Å². The van der Waals surface area contributed by atoms with Gasteiger partial charge in [-0.3, -0.25) is 0 Å². The van der Waals surface area contributed by atoms with Gasteiger partial charge >= 0.3 is 0 Å². The molecule has 0 bridgehead atoms. The largest absolute Gasteiger partial charge is 0.482 e. The molecule has 0 aliphatic rings. The molecule has 0 aromatic carbocycles. The highest BCUT2D eigenvalue weighted by atomic mass is 79.9. The summed E-state index contributed by atoms with van der Waals surface area (Å²) in [5.74, 6) is 2.08. The van der Waals surface area contributed by atoms with Gasteiger partial charge in [0.1, 0.15) is 10.4 Å². The topological polar surface area (TPSA) is 61.0 Å². The van der Waals surface area contributed by atoms with E-state index in [1.807, 2.05) is 26.0 Å². The minimum absolute atomic E-state index is 0.252. The molecule has 2 heterocycles. The van der Waals surface area contributed by atoms with Crippen LogP contribution in [0.5, 0.6) is 5.75 Å². The molecule has 0 atom stereocenters. The fourth-order valence-corrected chi connectivity index (χ4v) is 1.39. The molecule has 17 heavy (non-hydrogen) atoms. The Labute approximate surface area is 107 Å². The van der Waals surface area contributed by atoms with Crippen molar-refractivity contribution in [2.24, 2.45) is 0 Å². The standard InChI is InChI=1S/C11H12BrN3O2/c1-7(2)11-14-10(17-15-11)6-16-8-3-4-9(12)13-5-8/h3-5,7H,6H2,1-2H3. The summed E-state index contributed by atoms with van der Waals surface area (Å²) < 4.78 is 11.3. The lowest BCUT2D eigenvalue weighted by Crippen LogP contribution is -1.97. The molecule has 0 aliphatic heterocycles. The molecule has 0 radical (unpaired) electrons. The third kappa shape index (κ3) is 3.26. The van der Waals surface area contributed by atoms with Crippen LogP contribution in [0.15, 0.2) is 27.5 Å². The molecule has 0 amide bonds. The Morgan fingerprint density at radius 3 is 2.82 bits per heavy atom. The number of pyridine rings is 1. The summed E-state index contributed by atoms with van der Waals surface area (Å²) in [4.78, 5) is 8.26. The summed E-state index contributed by atoms with van der Waals surface area (Å²) in [6.45, 7) is 4.27. The van der Waals surface area contributed by atoms with Gasteiger partial charge in [-0.2, -0.15) is 4.98 Å². The maximum Gasteiger partial charge on any atom is 0.264 e. The Hall–Kier alpha value is -1.43. The van der Waals surface area contributed by atoms with Crippen molar-refractivity contribution >= 4 is 15.9 Å². The fraction of sp³-hybridized carbons (Fsp3) is 0.364. The van der Waals surface area contributed by atoms with E-state index >= 15 is 0 Å². The van der Waals surface area contributed by atoms with E-state index in [1.54, 1.807) is 6.20 Å². The van der Waals surface area contributed by atoms with Crippen molar-refractivity contribution in [3.63, 3.8) is 0 Å². The molecule has 6 heteroatoms. The zero-order valence-corrected chi connectivity index (χ0v) is 11.1. The van der Waals surface area contributed by atoms with Crippen LogP contribution in [-0.2, 0) is 6.61 Å². The molecule has 0 fully saturated rings. The van der Waals surface area contributed by atoms with E-state index in [2.05, 4.69) is 31.1 Å². The van der Waals surface area contributed by atoms with Gasteiger partial charge in [0, 0.05) is 5.92 Å². The molecule has 0 unspecified atom stereocenters. The molecular formula is C11H12BrN3O2. The summed E-state index contributed by atoms with van der Waals surface area (Å²) in [7, 11) is 0. The highest BCUT2D eigenvalue weighted by Crippen LogP contribution is 2.15. The Kier molecular flexibility index (Phi) is 3.73. The maximum atomic E-state index is 5.46. The van der Waals surface area contributed by atoms with Crippen molar-refractivity contribution in [3.05, 3.63) is 34.6 Å². The number of ether oxygens (including phenoxy) is 1. The van der Waals surface area contributed by atoms with Crippen molar-refractivity contribution < 1.29 is 9.26 Å². The van der Waals surface area contributed by atoms with Crippen LogP contribution in [0.3, 0.4) is 0 Å². The van der Waals surface area contributed by atoms with Crippen molar-refractivity contribution in [1.29, 1.82) is 0 Å². The molecule has 5 nitrogen and oxygen atoms in total. The maximum absolute atomic E-state index is 5.46. The summed E-state index contributed by atoms with van der Waals surface area (Å²) in [6.07, 6.45) is 1.63. The lowest BCUT2D eigenvalue weighted by atomic mass is 10.2. The zero-order chi connectivity index (χ0) is 12.3. The normalized spacial score (nSPS) is 10.8. The van der Waals surface area contributed by atoms with Crippen molar-refractivity contribution in [2.45, 2.75) is 26.4 Å². The predicted molar refractivity (Wildman–Crippen MR) is 64.7 cm³/mol. The molecular weight excluding hydrogens is 286 g/mol. The predicted octanol–water partition coefficient (Wildman–Crippen LogP) is 2.93. The monoisotopic (exact) mass is 297 g/mol. The molecule has 90 valence electrons. The van der Waals surface area contributed by atoms with Gasteiger partial charge in [-0.15, -0.1) is 0 Å². The van der Waals surface area contributed by atoms with Crippen molar-refractivity contribution in [1.82, 2.24) is 15.1 Å². The van der Waals surface area contributed by atoms with Crippen LogP contribution in [-0.4, -0.2) is 15.1 Å². The first-order valence-corrected chi connectivity index (χ1v) is 6.01. The van der Waals surface area contributed by atoms with Gasteiger partial charge < -0.3 is 9.26 Å². The van der Waals surface area contributed by atoms with Crippen LogP contribution in [0.2, 0.25) is 0 Å². The zero-order valence-electron chi connectivity index (χ0n) is 9.55. The first-order chi connectivity index (χ1) is 8.15. The van der Waals surface area contributed by atoms with Gasteiger partial charge in [-0.25, -0.2) is 4.98 Å². The van der Waals surface area contributed by atoms with E-state index < -0.39 is 0 Å². The van der Waals surface area contributed by atoms with E-state index in [1.165, 1.54) is 0 Å². The molecule has 2 aromatic heterocycles. The highest BCUT2D eigenvalue weighted by molar-refractivity contribution is 9.10. The molecule has 2 aromatic rings. The minimum atomic E-state index is 0.252. The Bertz CT molecular complexity index is 482. The highest BCUT2D eigenvalue weighted by Gasteiger charge is 2.09. The van der Waals surface area contributed by atoms with Gasteiger partial charge in [0.15, 0.2) is 12.4 Å². The molecule has 0 N–H and O–H groups in total. The minimum Gasteiger partial charge on any atom is -0.482 e. The van der Waals surface area contributed by atoms with E-state index in [0.29, 0.717) is 17.5 Å². The molecule has 2 rings (SSSR count). The third-order valence-electron chi connectivity index (χ3n) is 2.06. The smallest absolute Gasteiger partial charge is 0.264 e. The van der Waals surface area contributed by atoms with Crippen LogP contribution in [0.1, 0.15) is 31.5 Å². The van der Waals surface area contributed by atoms with Crippen LogP contribution < -0.4 is 4.74 Å². The lowest BCUT2D eigenvalue weighted by molar-refractivity contribution is 0.241. The van der Waals surface area contributed by atoms with Crippen molar-refractivity contribution in [3.8, 4) is 5.75 Å². The van der Waals surface area contributed by atoms with E-state index in [-0.39, 0.29) is 12.5 Å². The van der Waals surface area contributed by atoms with Crippen LogP contribution in [0.25, 0.3) is 0 Å². The molecule has 0 saturated heterocycles. The first kappa shape index (κ1) is 12.0. The molecule has 0 aliphatic carbocycles. The van der Waals surface area contributed by atoms with Gasteiger partial charge in [0.2, 0.25) is 0 Å². The quantitative estimate of drug-likeness (QED) is 0.812. The second kappa shape index (κ2) is 5.27. The van der Waals surface area contributed by atoms with E-state index in [0.717, 1.165) is 4.60 Å². The number of nitrogens with zero attached hydrogens (tertiary/aromatic N) is 3. The van der Waals surface area contributed by atoms with Gasteiger partial charge in [0.05, 0.1) is 6.20 Å². The molecule has 0 spiro atoms. The summed E-state index contributed by atoms with van der Waals surface area (Å²) >= 11 is 3.25. The number of hydrogen-bond acceptors (Lipinski definition) is 5. The average Bonchev–Trinajstić information content (AvgIpc) is 2.77. The number of halogens is 1. The second-order valence-electron chi connectivity index (χ2n) is 3.81. The van der Waals surface area contributed by atoms with Gasteiger partial charge in [-0.1, -0.05) is 19.0 Å². The van der Waals surface area contributed by atoms with Gasteiger partial charge in [-0.05, 0) is 28.1 Å². The summed E-state index contributed by atoms with van der Waals surface area (Å²) in [5, 5.41) is 3.85. The van der Waals surface area contributed by atoms with E-state index in [4.69, 9.17) is 9.26 Å². The van der Waals surface area contributed by atoms with Crippen LogP contribution in [0.4, 0.5) is 0 Å². The third-order valence-corrected chi connectivity index (χ3v) is 2.53. The Balaban J connectivity index is 1.95. The fourth-order valence-electron chi connectivity index (χ4n) is 1.15. The number of aromatic nitrogens is 3. The van der Waals surface area contributed by atoms with Crippen LogP contribution >= 0.6 is 15.9 Å². The van der Waals surface area contributed by atoms with Crippen LogP contribution in [0, 0.1) is 0 Å². The summed E-state index contributed by atoms with van der Waals surface area (Å²) in [6, 6.07) is 3.62. The molecule has 0 saturated carbocycles. The first-order valence-electron chi connectivity index (χ1n) is 5.22. The summed E-state index contributed by atoms with van der Waals surface area (Å²) in [5.41, 5.74) is 0. The van der Waals surface area contributed by atoms with Gasteiger partial charge in [0.25, 0.3) is 5.89 Å². The SMILES string of the molecule is CC(C)c1noc(COc2ccc(Br)nc2)n1.